The van der Waals surface area contributed by atoms with Crippen LogP contribution in [0, 0.1) is 0 Å². The number of piperidine rings is 1. The van der Waals surface area contributed by atoms with E-state index in [1.807, 2.05) is 0 Å². The van der Waals surface area contributed by atoms with Crippen LogP contribution in [0.25, 0.3) is 0 Å². The number of guanidine groups is 1. The number of hydrogen-bond acceptors (Lipinski definition) is 4. The Morgan fingerprint density at radius 1 is 1.44 bits per heavy atom. The third kappa shape index (κ3) is 3.11. The lowest BCUT2D eigenvalue weighted by atomic mass is 10.0. The van der Waals surface area contributed by atoms with Gasteiger partial charge in [0.1, 0.15) is 0 Å². The molecule has 4 nitrogen and oxygen atoms in total. The van der Waals surface area contributed by atoms with E-state index in [0.717, 1.165) is 31.6 Å². The van der Waals surface area contributed by atoms with Crippen LogP contribution in [0.15, 0.2) is 4.99 Å². The molecule has 4 heteroatoms. The molecule has 0 aromatic carbocycles. The summed E-state index contributed by atoms with van der Waals surface area (Å²) in [6.07, 6.45) is 4.12. The normalized spacial score (nSPS) is 31.0. The van der Waals surface area contributed by atoms with Crippen molar-refractivity contribution in [3.05, 3.63) is 0 Å². The lowest BCUT2D eigenvalue weighted by Crippen LogP contribution is -2.45. The first-order chi connectivity index (χ1) is 7.75. The molecule has 2 atom stereocenters. The fourth-order valence-electron chi connectivity index (χ4n) is 2.47. The molecule has 16 heavy (non-hydrogen) atoms. The third-order valence-electron chi connectivity index (χ3n) is 3.54. The smallest absolute Gasteiger partial charge is 0.191 e. The van der Waals surface area contributed by atoms with Crippen LogP contribution in [0.2, 0.25) is 0 Å². The summed E-state index contributed by atoms with van der Waals surface area (Å²) in [7, 11) is 0. The maximum absolute atomic E-state index is 4.39. The van der Waals surface area contributed by atoms with E-state index >= 15 is 0 Å². The summed E-state index contributed by atoms with van der Waals surface area (Å²) >= 11 is 0. The summed E-state index contributed by atoms with van der Waals surface area (Å²) in [4.78, 5) is 6.97. The molecule has 1 fully saturated rings. The average Bonchev–Trinajstić information content (AvgIpc) is 2.67. The molecule has 2 heterocycles. The highest BCUT2D eigenvalue weighted by Crippen LogP contribution is 2.15. The van der Waals surface area contributed by atoms with Gasteiger partial charge in [0, 0.05) is 25.2 Å². The molecule has 0 saturated carbocycles. The molecule has 2 unspecified atom stereocenters. The van der Waals surface area contributed by atoms with Crippen LogP contribution < -0.4 is 10.6 Å². The van der Waals surface area contributed by atoms with E-state index < -0.39 is 0 Å². The Labute approximate surface area is 98.5 Å². The Kier molecular flexibility index (Phi) is 4.04. The van der Waals surface area contributed by atoms with Gasteiger partial charge in [-0.15, -0.1) is 0 Å². The third-order valence-corrected chi connectivity index (χ3v) is 3.54. The first kappa shape index (κ1) is 11.7. The highest BCUT2D eigenvalue weighted by molar-refractivity contribution is 5.81. The number of rotatable bonds is 3. The number of nitrogens with zero attached hydrogens (tertiary/aromatic N) is 2. The largest absolute Gasteiger partial charge is 0.355 e. The summed E-state index contributed by atoms with van der Waals surface area (Å²) in [5, 5.41) is 6.70. The zero-order valence-electron chi connectivity index (χ0n) is 10.5. The van der Waals surface area contributed by atoms with Crippen molar-refractivity contribution in [2.75, 3.05) is 26.2 Å². The van der Waals surface area contributed by atoms with Gasteiger partial charge in [-0.25, -0.2) is 0 Å². The molecule has 0 radical (unpaired) electrons. The molecule has 0 spiro atoms. The highest BCUT2D eigenvalue weighted by atomic mass is 15.2. The van der Waals surface area contributed by atoms with Crippen molar-refractivity contribution < 1.29 is 0 Å². The van der Waals surface area contributed by atoms with E-state index in [-0.39, 0.29) is 0 Å². The molecule has 2 aliphatic heterocycles. The summed E-state index contributed by atoms with van der Waals surface area (Å²) in [5.41, 5.74) is 0. The van der Waals surface area contributed by atoms with Gasteiger partial charge in [0.05, 0.1) is 6.54 Å². The van der Waals surface area contributed by atoms with Crippen LogP contribution >= 0.6 is 0 Å². The molecule has 0 bridgehead atoms. The van der Waals surface area contributed by atoms with E-state index in [4.69, 9.17) is 0 Å². The van der Waals surface area contributed by atoms with Gasteiger partial charge in [-0.05, 0) is 33.2 Å². The molecule has 0 aliphatic carbocycles. The van der Waals surface area contributed by atoms with Gasteiger partial charge in [-0.1, -0.05) is 6.42 Å². The lowest BCUT2D eigenvalue weighted by molar-refractivity contribution is 0.164. The van der Waals surface area contributed by atoms with Gasteiger partial charge in [0.25, 0.3) is 0 Å². The Morgan fingerprint density at radius 2 is 2.31 bits per heavy atom. The van der Waals surface area contributed by atoms with Crippen LogP contribution in [0.5, 0.6) is 0 Å². The molecular formula is C12H24N4. The summed E-state index contributed by atoms with van der Waals surface area (Å²) in [6, 6.07) is 1.25. The number of aliphatic imine (C=N–C) groups is 1. The van der Waals surface area contributed by atoms with Crippen LogP contribution in [-0.4, -0.2) is 49.1 Å². The molecule has 2 rings (SSSR count). The van der Waals surface area contributed by atoms with Gasteiger partial charge in [0.15, 0.2) is 5.96 Å². The fourth-order valence-corrected chi connectivity index (χ4v) is 2.47. The van der Waals surface area contributed by atoms with E-state index in [9.17, 15) is 0 Å². The maximum atomic E-state index is 4.39. The molecule has 1 saturated heterocycles. The zero-order chi connectivity index (χ0) is 11.4. The molecular weight excluding hydrogens is 200 g/mol. The van der Waals surface area contributed by atoms with Crippen molar-refractivity contribution in [3.8, 4) is 0 Å². The molecule has 2 N–H and O–H groups in total. The van der Waals surface area contributed by atoms with Crippen LogP contribution in [-0.2, 0) is 0 Å². The number of hydrogen-bond donors (Lipinski definition) is 2. The minimum atomic E-state index is 0.497. The highest BCUT2D eigenvalue weighted by Gasteiger charge is 2.18. The van der Waals surface area contributed by atoms with Crippen molar-refractivity contribution in [1.29, 1.82) is 0 Å². The maximum Gasteiger partial charge on any atom is 0.191 e. The first-order valence-corrected chi connectivity index (χ1v) is 6.54. The lowest BCUT2D eigenvalue weighted by Gasteiger charge is -2.33. The Hall–Kier alpha value is -0.770. The van der Waals surface area contributed by atoms with Crippen molar-refractivity contribution in [2.45, 2.75) is 45.2 Å². The Bertz CT molecular complexity index is 251. The second kappa shape index (κ2) is 5.53. The predicted molar refractivity (Wildman–Crippen MR) is 67.8 cm³/mol. The second-order valence-corrected chi connectivity index (χ2v) is 5.04. The van der Waals surface area contributed by atoms with Crippen molar-refractivity contribution in [2.24, 2.45) is 4.99 Å². The molecule has 92 valence electrons. The van der Waals surface area contributed by atoms with Crippen LogP contribution in [0.4, 0.5) is 0 Å². The van der Waals surface area contributed by atoms with Gasteiger partial charge >= 0.3 is 0 Å². The van der Waals surface area contributed by atoms with E-state index in [1.165, 1.54) is 25.8 Å². The predicted octanol–water partition coefficient (Wildman–Crippen LogP) is 0.798. The summed E-state index contributed by atoms with van der Waals surface area (Å²) < 4.78 is 0. The molecule has 0 amide bonds. The van der Waals surface area contributed by atoms with Crippen LogP contribution in [0.3, 0.4) is 0 Å². The number of nitrogens with one attached hydrogen (secondary N) is 2. The number of likely N-dealkylation sites (tertiary alicyclic amines) is 1. The topological polar surface area (TPSA) is 39.7 Å². The minimum absolute atomic E-state index is 0.497. The summed E-state index contributed by atoms with van der Waals surface area (Å²) in [6.45, 7) is 8.80. The molecule has 0 aromatic rings. The minimum Gasteiger partial charge on any atom is -0.355 e. The van der Waals surface area contributed by atoms with Crippen molar-refractivity contribution in [1.82, 2.24) is 15.5 Å². The standard InChI is InChI=1S/C12H24N4/c1-10-9-14-12(15-10)13-6-8-16-7-4-3-5-11(16)2/h10-11H,3-9H2,1-2H3,(H2,13,14,15). The summed E-state index contributed by atoms with van der Waals surface area (Å²) in [5.74, 6) is 0.983. The van der Waals surface area contributed by atoms with Gasteiger partial charge < -0.3 is 10.6 Å². The Balaban J connectivity index is 1.64. The van der Waals surface area contributed by atoms with E-state index in [2.05, 4.69) is 34.4 Å². The average molecular weight is 224 g/mol. The van der Waals surface area contributed by atoms with Crippen molar-refractivity contribution in [3.63, 3.8) is 0 Å². The van der Waals surface area contributed by atoms with Gasteiger partial charge in [-0.2, -0.15) is 0 Å². The molecule has 2 aliphatic rings. The van der Waals surface area contributed by atoms with Crippen molar-refractivity contribution >= 4 is 5.96 Å². The quantitative estimate of drug-likeness (QED) is 0.745. The van der Waals surface area contributed by atoms with E-state index in [0.29, 0.717) is 6.04 Å². The second-order valence-electron chi connectivity index (χ2n) is 5.04. The monoisotopic (exact) mass is 224 g/mol. The zero-order valence-corrected chi connectivity index (χ0v) is 10.5. The molecule has 0 aromatic heterocycles. The first-order valence-electron chi connectivity index (χ1n) is 6.54. The van der Waals surface area contributed by atoms with Gasteiger partial charge in [-0.3, -0.25) is 9.89 Å². The van der Waals surface area contributed by atoms with Crippen LogP contribution in [0.1, 0.15) is 33.1 Å². The Morgan fingerprint density at radius 3 is 3.00 bits per heavy atom. The SMILES string of the molecule is CC1CN=C(NCCN2CCCCC2C)N1. The van der Waals surface area contributed by atoms with Gasteiger partial charge in [0.2, 0.25) is 0 Å². The van der Waals surface area contributed by atoms with E-state index in [1.54, 1.807) is 0 Å². The fraction of sp³-hybridized carbons (Fsp3) is 0.917.